The quantitative estimate of drug-likeness (QED) is 0.871. The molecule has 0 amide bonds. The van der Waals surface area contributed by atoms with Crippen molar-refractivity contribution in [2.45, 2.75) is 0 Å². The van der Waals surface area contributed by atoms with E-state index in [1.165, 1.54) is 6.33 Å². The number of rotatable bonds is 4. The first-order valence-electron chi connectivity index (χ1n) is 5.62. The summed E-state index contributed by atoms with van der Waals surface area (Å²) >= 11 is 0. The maximum absolute atomic E-state index is 9.13. The zero-order chi connectivity index (χ0) is 13.7. The van der Waals surface area contributed by atoms with E-state index in [9.17, 15) is 0 Å². The number of aromatic nitrogens is 2. The lowest BCUT2D eigenvalue weighted by Gasteiger charge is -2.12. The fourth-order valence-electron chi connectivity index (χ4n) is 1.61. The molecule has 0 aliphatic carbocycles. The van der Waals surface area contributed by atoms with E-state index in [4.69, 9.17) is 10.00 Å². The number of methoxy groups -OCH3 is 1. The predicted molar refractivity (Wildman–Crippen MR) is 72.6 cm³/mol. The highest BCUT2D eigenvalue weighted by molar-refractivity contribution is 5.72. The maximum atomic E-state index is 9.13. The Hall–Kier alpha value is -2.81. The van der Waals surface area contributed by atoms with E-state index in [0.717, 1.165) is 0 Å². The second-order valence-electron chi connectivity index (χ2n) is 3.66. The summed E-state index contributed by atoms with van der Waals surface area (Å²) < 4.78 is 5.24. The standard InChI is InChI=1S/C13H13N5O/c1-15-11-6-12(17-8-16-11)18-13-9(7-14)4-3-5-10(13)19-2/h3-6,8H,1-2H3,(H2,15,16,17,18). The van der Waals surface area contributed by atoms with Gasteiger partial charge in [0.15, 0.2) is 0 Å². The van der Waals surface area contributed by atoms with Crippen LogP contribution in [-0.4, -0.2) is 24.1 Å². The number of para-hydroxylation sites is 1. The Morgan fingerprint density at radius 1 is 1.26 bits per heavy atom. The number of nitrogens with one attached hydrogen (secondary N) is 2. The molecule has 96 valence electrons. The van der Waals surface area contributed by atoms with Gasteiger partial charge in [-0.15, -0.1) is 0 Å². The molecule has 0 aliphatic heterocycles. The van der Waals surface area contributed by atoms with Gasteiger partial charge in [-0.25, -0.2) is 9.97 Å². The average Bonchev–Trinajstić information content (AvgIpc) is 2.47. The molecule has 0 spiro atoms. The molecule has 2 rings (SSSR count). The molecule has 0 bridgehead atoms. The van der Waals surface area contributed by atoms with Crippen LogP contribution >= 0.6 is 0 Å². The third-order valence-corrected chi connectivity index (χ3v) is 2.54. The largest absolute Gasteiger partial charge is 0.495 e. The van der Waals surface area contributed by atoms with Gasteiger partial charge in [0, 0.05) is 13.1 Å². The van der Waals surface area contributed by atoms with Gasteiger partial charge in [0.25, 0.3) is 0 Å². The highest BCUT2D eigenvalue weighted by atomic mass is 16.5. The molecule has 19 heavy (non-hydrogen) atoms. The van der Waals surface area contributed by atoms with Crippen molar-refractivity contribution in [2.24, 2.45) is 0 Å². The first kappa shape index (κ1) is 12.6. The molecular weight excluding hydrogens is 242 g/mol. The van der Waals surface area contributed by atoms with Gasteiger partial charge >= 0.3 is 0 Å². The third-order valence-electron chi connectivity index (χ3n) is 2.54. The van der Waals surface area contributed by atoms with E-state index < -0.39 is 0 Å². The van der Waals surface area contributed by atoms with Gasteiger partial charge in [0.05, 0.1) is 12.7 Å². The van der Waals surface area contributed by atoms with Crippen LogP contribution < -0.4 is 15.4 Å². The number of nitriles is 1. The fourth-order valence-corrected chi connectivity index (χ4v) is 1.61. The Kier molecular flexibility index (Phi) is 3.78. The van der Waals surface area contributed by atoms with Crippen molar-refractivity contribution in [3.8, 4) is 11.8 Å². The zero-order valence-electron chi connectivity index (χ0n) is 10.6. The molecule has 1 heterocycles. The van der Waals surface area contributed by atoms with E-state index >= 15 is 0 Å². The minimum Gasteiger partial charge on any atom is -0.495 e. The van der Waals surface area contributed by atoms with Crippen molar-refractivity contribution >= 4 is 17.3 Å². The molecule has 1 aromatic carbocycles. The predicted octanol–water partition coefficient (Wildman–Crippen LogP) is 2.14. The summed E-state index contributed by atoms with van der Waals surface area (Å²) in [5.41, 5.74) is 1.08. The SMILES string of the molecule is CNc1cc(Nc2c(C#N)cccc2OC)ncn1. The van der Waals surface area contributed by atoms with E-state index in [0.29, 0.717) is 28.6 Å². The van der Waals surface area contributed by atoms with Crippen molar-refractivity contribution in [1.29, 1.82) is 5.26 Å². The summed E-state index contributed by atoms with van der Waals surface area (Å²) in [6.45, 7) is 0. The van der Waals surface area contributed by atoms with Crippen LogP contribution in [0.25, 0.3) is 0 Å². The van der Waals surface area contributed by atoms with E-state index in [-0.39, 0.29) is 0 Å². The van der Waals surface area contributed by atoms with Crippen LogP contribution in [0.3, 0.4) is 0 Å². The molecule has 2 aromatic rings. The molecule has 0 aliphatic rings. The zero-order valence-corrected chi connectivity index (χ0v) is 10.6. The minimum atomic E-state index is 0.490. The van der Waals surface area contributed by atoms with E-state index in [2.05, 4.69) is 26.7 Å². The van der Waals surface area contributed by atoms with Crippen molar-refractivity contribution < 1.29 is 4.74 Å². The van der Waals surface area contributed by atoms with Crippen LogP contribution in [0.15, 0.2) is 30.6 Å². The van der Waals surface area contributed by atoms with Crippen LogP contribution in [0.4, 0.5) is 17.3 Å². The van der Waals surface area contributed by atoms with E-state index in [1.807, 2.05) is 0 Å². The van der Waals surface area contributed by atoms with Crippen molar-refractivity contribution in [3.05, 3.63) is 36.2 Å². The lowest BCUT2D eigenvalue weighted by Crippen LogP contribution is -2.01. The molecule has 0 fully saturated rings. The van der Waals surface area contributed by atoms with Gasteiger partial charge < -0.3 is 15.4 Å². The normalized spacial score (nSPS) is 9.53. The molecule has 6 nitrogen and oxygen atoms in total. The summed E-state index contributed by atoms with van der Waals surface area (Å²) in [6, 6.07) is 9.12. The molecular formula is C13H13N5O. The molecule has 0 atom stereocenters. The van der Waals surface area contributed by atoms with Gasteiger partial charge in [0.1, 0.15) is 35.5 Å². The maximum Gasteiger partial charge on any atom is 0.143 e. The molecule has 1 aromatic heterocycles. The van der Waals surface area contributed by atoms with E-state index in [1.54, 1.807) is 38.4 Å². The summed E-state index contributed by atoms with van der Waals surface area (Å²) in [6.07, 6.45) is 1.44. The van der Waals surface area contributed by atoms with Crippen molar-refractivity contribution in [3.63, 3.8) is 0 Å². The van der Waals surface area contributed by atoms with Crippen LogP contribution in [-0.2, 0) is 0 Å². The first-order chi connectivity index (χ1) is 9.28. The van der Waals surface area contributed by atoms with Crippen LogP contribution in [0.1, 0.15) is 5.56 Å². The molecule has 6 heteroatoms. The second-order valence-corrected chi connectivity index (χ2v) is 3.66. The summed E-state index contributed by atoms with van der Waals surface area (Å²) in [7, 11) is 3.33. The molecule has 0 radical (unpaired) electrons. The lowest BCUT2D eigenvalue weighted by molar-refractivity contribution is 0.416. The highest BCUT2D eigenvalue weighted by Crippen LogP contribution is 2.30. The Labute approximate surface area is 111 Å². The summed E-state index contributed by atoms with van der Waals surface area (Å²) in [5, 5.41) is 15.1. The minimum absolute atomic E-state index is 0.490. The third kappa shape index (κ3) is 2.72. The smallest absolute Gasteiger partial charge is 0.143 e. The summed E-state index contributed by atoms with van der Waals surface area (Å²) in [4.78, 5) is 8.13. The van der Waals surface area contributed by atoms with Crippen molar-refractivity contribution in [1.82, 2.24) is 9.97 Å². The van der Waals surface area contributed by atoms with Crippen LogP contribution in [0.2, 0.25) is 0 Å². The number of anilines is 3. The molecule has 0 saturated carbocycles. The van der Waals surface area contributed by atoms with Crippen LogP contribution in [0, 0.1) is 11.3 Å². The van der Waals surface area contributed by atoms with Gasteiger partial charge in [-0.2, -0.15) is 5.26 Å². The van der Waals surface area contributed by atoms with Crippen LogP contribution in [0.5, 0.6) is 5.75 Å². The fraction of sp³-hybridized carbons (Fsp3) is 0.154. The summed E-state index contributed by atoms with van der Waals surface area (Å²) in [5.74, 6) is 1.86. The average molecular weight is 255 g/mol. The van der Waals surface area contributed by atoms with Gasteiger partial charge in [-0.05, 0) is 12.1 Å². The number of nitrogens with zero attached hydrogens (tertiary/aromatic N) is 3. The topological polar surface area (TPSA) is 82.9 Å². The van der Waals surface area contributed by atoms with Gasteiger partial charge in [0.2, 0.25) is 0 Å². The first-order valence-corrected chi connectivity index (χ1v) is 5.62. The Bertz CT molecular complexity index is 621. The number of hydrogen-bond acceptors (Lipinski definition) is 6. The van der Waals surface area contributed by atoms with Crippen molar-refractivity contribution in [2.75, 3.05) is 24.8 Å². The molecule has 2 N–H and O–H groups in total. The number of ether oxygens (including phenoxy) is 1. The molecule has 0 saturated heterocycles. The van der Waals surface area contributed by atoms with Gasteiger partial charge in [-0.1, -0.05) is 6.07 Å². The van der Waals surface area contributed by atoms with Gasteiger partial charge in [-0.3, -0.25) is 0 Å². The Morgan fingerprint density at radius 2 is 2.05 bits per heavy atom. The monoisotopic (exact) mass is 255 g/mol. The highest BCUT2D eigenvalue weighted by Gasteiger charge is 2.09. The number of hydrogen-bond donors (Lipinski definition) is 2. The Balaban J connectivity index is 2.39. The number of benzene rings is 1. The Morgan fingerprint density at radius 3 is 2.74 bits per heavy atom. The second kappa shape index (κ2) is 5.69. The lowest BCUT2D eigenvalue weighted by atomic mass is 10.2. The molecule has 0 unspecified atom stereocenters.